The number of benzene rings is 2. The number of carbonyl (C=O) groups is 1. The number of methoxy groups -OCH3 is 1. The third-order valence-electron chi connectivity index (χ3n) is 5.30. The van der Waals surface area contributed by atoms with Crippen molar-refractivity contribution in [3.63, 3.8) is 0 Å². The molecule has 1 fully saturated rings. The number of hydrogen-bond acceptors (Lipinski definition) is 3. The molecule has 4 rings (SSSR count). The van der Waals surface area contributed by atoms with E-state index in [1.54, 1.807) is 7.11 Å². The van der Waals surface area contributed by atoms with Gasteiger partial charge in [-0.2, -0.15) is 0 Å². The van der Waals surface area contributed by atoms with Gasteiger partial charge in [-0.1, -0.05) is 36.4 Å². The van der Waals surface area contributed by atoms with Crippen LogP contribution in [0.4, 0.5) is 10.5 Å². The first-order valence-electron chi connectivity index (χ1n) is 9.06. The van der Waals surface area contributed by atoms with Crippen molar-refractivity contribution in [3.05, 3.63) is 65.2 Å². The van der Waals surface area contributed by atoms with Crippen LogP contribution in [0, 0.1) is 0 Å². The first kappa shape index (κ1) is 17.1. The van der Waals surface area contributed by atoms with Crippen molar-refractivity contribution >= 4 is 11.7 Å². The van der Waals surface area contributed by atoms with Gasteiger partial charge >= 0.3 is 6.03 Å². The number of hydrogen-bond donors (Lipinski definition) is 1. The van der Waals surface area contributed by atoms with Gasteiger partial charge in [0.15, 0.2) is 0 Å². The van der Waals surface area contributed by atoms with Gasteiger partial charge in [0, 0.05) is 19.3 Å². The summed E-state index contributed by atoms with van der Waals surface area (Å²) >= 11 is 0. The highest BCUT2D eigenvalue weighted by atomic mass is 16.5. The third kappa shape index (κ3) is 3.20. The Balaban J connectivity index is 1.46. The number of rotatable bonds is 3. The monoisotopic (exact) mass is 352 g/mol. The summed E-state index contributed by atoms with van der Waals surface area (Å²) in [5, 5.41) is 3.00. The highest BCUT2D eigenvalue weighted by molar-refractivity contribution is 5.89. The van der Waals surface area contributed by atoms with E-state index in [4.69, 9.17) is 9.47 Å². The molecule has 0 aromatic heterocycles. The SMILES string of the molecule is COCc1ccc(NC(=O)N2CCO[C@@]3(CCc4ccccc43)C2)cc1. The average molecular weight is 352 g/mol. The maximum atomic E-state index is 12.8. The van der Waals surface area contributed by atoms with Crippen molar-refractivity contribution in [3.8, 4) is 0 Å². The Morgan fingerprint density at radius 1 is 1.23 bits per heavy atom. The smallest absolute Gasteiger partial charge is 0.322 e. The lowest BCUT2D eigenvalue weighted by molar-refractivity contribution is -0.100. The fourth-order valence-electron chi connectivity index (χ4n) is 3.98. The van der Waals surface area contributed by atoms with Gasteiger partial charge in [-0.3, -0.25) is 0 Å². The van der Waals surface area contributed by atoms with Gasteiger partial charge in [-0.05, 0) is 41.7 Å². The second-order valence-electron chi connectivity index (χ2n) is 6.98. The Bertz CT molecular complexity index is 786. The molecule has 1 aliphatic heterocycles. The summed E-state index contributed by atoms with van der Waals surface area (Å²) in [6, 6.07) is 16.1. The van der Waals surface area contributed by atoms with Crippen LogP contribution in [-0.4, -0.2) is 37.7 Å². The number of aryl methyl sites for hydroxylation is 1. The normalized spacial score (nSPS) is 21.7. The lowest BCUT2D eigenvalue weighted by Crippen LogP contribution is -2.52. The molecule has 1 atom stereocenters. The zero-order valence-corrected chi connectivity index (χ0v) is 15.0. The predicted molar refractivity (Wildman–Crippen MR) is 100 cm³/mol. The molecule has 136 valence electrons. The van der Waals surface area contributed by atoms with Crippen LogP contribution in [0.5, 0.6) is 0 Å². The molecule has 0 unspecified atom stereocenters. The quantitative estimate of drug-likeness (QED) is 0.919. The van der Waals surface area contributed by atoms with E-state index in [0.717, 1.165) is 24.1 Å². The minimum Gasteiger partial charge on any atom is -0.380 e. The molecule has 1 aliphatic carbocycles. The summed E-state index contributed by atoms with van der Waals surface area (Å²) < 4.78 is 11.3. The molecule has 1 saturated heterocycles. The zero-order chi connectivity index (χ0) is 18.0. The van der Waals surface area contributed by atoms with Crippen LogP contribution in [0.1, 0.15) is 23.1 Å². The number of nitrogens with one attached hydrogen (secondary N) is 1. The van der Waals surface area contributed by atoms with E-state index in [9.17, 15) is 4.79 Å². The van der Waals surface area contributed by atoms with Crippen molar-refractivity contribution in [1.29, 1.82) is 0 Å². The van der Waals surface area contributed by atoms with Crippen molar-refractivity contribution in [2.24, 2.45) is 0 Å². The summed E-state index contributed by atoms with van der Waals surface area (Å²) in [4.78, 5) is 14.6. The van der Waals surface area contributed by atoms with Gasteiger partial charge in [0.25, 0.3) is 0 Å². The molecular formula is C21H24N2O3. The summed E-state index contributed by atoms with van der Waals surface area (Å²) in [5.74, 6) is 0. The number of amides is 2. The standard InChI is InChI=1S/C21H24N2O3/c1-25-14-16-6-8-18(9-7-16)22-20(24)23-12-13-26-21(15-23)11-10-17-4-2-3-5-19(17)21/h2-9H,10-15H2,1H3,(H,22,24)/t21-/m0/s1. The minimum atomic E-state index is -0.353. The Kier molecular flexibility index (Phi) is 4.66. The topological polar surface area (TPSA) is 50.8 Å². The van der Waals surface area contributed by atoms with Crippen LogP contribution in [0.25, 0.3) is 0 Å². The number of carbonyl (C=O) groups excluding carboxylic acids is 1. The highest BCUT2D eigenvalue weighted by Gasteiger charge is 2.44. The van der Waals surface area contributed by atoms with E-state index in [0.29, 0.717) is 26.3 Å². The van der Waals surface area contributed by atoms with Crippen LogP contribution in [0.2, 0.25) is 0 Å². The molecule has 2 aromatic carbocycles. The molecule has 1 spiro atoms. The lowest BCUT2D eigenvalue weighted by Gasteiger charge is -2.41. The summed E-state index contributed by atoms with van der Waals surface area (Å²) in [7, 11) is 1.67. The molecule has 5 nitrogen and oxygen atoms in total. The first-order valence-corrected chi connectivity index (χ1v) is 9.06. The number of anilines is 1. The average Bonchev–Trinajstić information content (AvgIpc) is 3.02. The van der Waals surface area contributed by atoms with E-state index in [2.05, 4.69) is 29.6 Å². The van der Waals surface area contributed by atoms with Crippen molar-refractivity contribution in [2.45, 2.75) is 25.0 Å². The Hall–Kier alpha value is -2.37. The van der Waals surface area contributed by atoms with Gasteiger partial charge in [0.05, 0.1) is 19.8 Å². The Morgan fingerprint density at radius 2 is 2.04 bits per heavy atom. The van der Waals surface area contributed by atoms with E-state index in [1.807, 2.05) is 29.2 Å². The predicted octanol–water partition coefficient (Wildman–Crippen LogP) is 3.54. The summed E-state index contributed by atoms with van der Waals surface area (Å²) in [5.41, 5.74) is 4.10. The third-order valence-corrected chi connectivity index (χ3v) is 5.30. The first-order chi connectivity index (χ1) is 12.7. The number of urea groups is 1. The zero-order valence-electron chi connectivity index (χ0n) is 15.0. The number of fused-ring (bicyclic) bond motifs is 2. The van der Waals surface area contributed by atoms with E-state index < -0.39 is 0 Å². The minimum absolute atomic E-state index is 0.0726. The van der Waals surface area contributed by atoms with Gasteiger partial charge in [-0.25, -0.2) is 4.79 Å². The highest BCUT2D eigenvalue weighted by Crippen LogP contribution is 2.42. The summed E-state index contributed by atoms with van der Waals surface area (Å²) in [6.45, 7) is 2.34. The van der Waals surface area contributed by atoms with Gasteiger partial charge in [-0.15, -0.1) is 0 Å². The van der Waals surface area contributed by atoms with Crippen LogP contribution in [0.15, 0.2) is 48.5 Å². The van der Waals surface area contributed by atoms with Crippen LogP contribution < -0.4 is 5.32 Å². The van der Waals surface area contributed by atoms with Crippen LogP contribution in [0.3, 0.4) is 0 Å². The molecule has 26 heavy (non-hydrogen) atoms. The molecule has 0 radical (unpaired) electrons. The fraction of sp³-hybridized carbons (Fsp3) is 0.381. The van der Waals surface area contributed by atoms with Crippen LogP contribution in [-0.2, 0) is 28.1 Å². The molecule has 2 aliphatic rings. The molecule has 0 bridgehead atoms. The molecule has 5 heteroatoms. The molecule has 1 heterocycles. The Morgan fingerprint density at radius 3 is 2.85 bits per heavy atom. The maximum absolute atomic E-state index is 12.8. The molecule has 1 N–H and O–H groups in total. The second kappa shape index (κ2) is 7.09. The second-order valence-corrected chi connectivity index (χ2v) is 6.98. The van der Waals surface area contributed by atoms with E-state index >= 15 is 0 Å². The van der Waals surface area contributed by atoms with E-state index in [-0.39, 0.29) is 11.6 Å². The van der Waals surface area contributed by atoms with Crippen LogP contribution >= 0.6 is 0 Å². The van der Waals surface area contributed by atoms with Gasteiger partial charge in [0.1, 0.15) is 5.60 Å². The molecule has 2 amide bonds. The number of morpholine rings is 1. The molecule has 2 aromatic rings. The van der Waals surface area contributed by atoms with Crippen molar-refractivity contribution in [1.82, 2.24) is 4.90 Å². The van der Waals surface area contributed by atoms with Gasteiger partial charge in [0.2, 0.25) is 0 Å². The number of ether oxygens (including phenoxy) is 2. The number of nitrogens with zero attached hydrogens (tertiary/aromatic N) is 1. The summed E-state index contributed by atoms with van der Waals surface area (Å²) in [6.07, 6.45) is 1.94. The maximum Gasteiger partial charge on any atom is 0.322 e. The van der Waals surface area contributed by atoms with Gasteiger partial charge < -0.3 is 19.7 Å². The lowest BCUT2D eigenvalue weighted by atomic mass is 9.94. The fourth-order valence-corrected chi connectivity index (χ4v) is 3.98. The van der Waals surface area contributed by atoms with Crippen molar-refractivity contribution in [2.75, 3.05) is 32.1 Å². The van der Waals surface area contributed by atoms with E-state index in [1.165, 1.54) is 11.1 Å². The molecular weight excluding hydrogens is 328 g/mol. The van der Waals surface area contributed by atoms with Crippen molar-refractivity contribution < 1.29 is 14.3 Å². The Labute approximate surface area is 153 Å². The largest absolute Gasteiger partial charge is 0.380 e. The molecule has 0 saturated carbocycles.